The molecule has 1 aromatic heterocycles. The number of nitrogens with zero attached hydrogens (tertiary/aromatic N) is 2. The Bertz CT molecular complexity index is 1390. The Hall–Kier alpha value is -3.77. The summed E-state index contributed by atoms with van der Waals surface area (Å²) in [6.45, 7) is 0.140. The first-order chi connectivity index (χ1) is 17.0. The van der Waals surface area contributed by atoms with Crippen molar-refractivity contribution in [2.45, 2.75) is 12.1 Å². The van der Waals surface area contributed by atoms with Crippen molar-refractivity contribution in [2.75, 3.05) is 13.7 Å². The normalized spacial score (nSPS) is 16.8. The first-order valence-electron chi connectivity index (χ1n) is 11.3. The molecule has 5 nitrogen and oxygen atoms in total. The molecule has 0 bridgehead atoms. The van der Waals surface area contributed by atoms with E-state index >= 15 is 0 Å². The molecule has 0 radical (unpaired) electrons. The molecule has 0 saturated carbocycles. The Morgan fingerprint density at radius 3 is 2.26 bits per heavy atom. The van der Waals surface area contributed by atoms with Gasteiger partial charge in [0.05, 0.1) is 7.11 Å². The minimum absolute atomic E-state index is 0.00111. The zero-order valence-corrected chi connectivity index (χ0v) is 20.8. The Balaban J connectivity index is 1.58. The number of aromatic nitrogens is 1. The van der Waals surface area contributed by atoms with Gasteiger partial charge in [-0.25, -0.2) is 4.58 Å². The van der Waals surface area contributed by atoms with E-state index in [0.29, 0.717) is 16.9 Å². The smallest absolute Gasteiger partial charge is 0.227 e. The average molecular weight is 528 g/mol. The van der Waals surface area contributed by atoms with E-state index in [0.717, 1.165) is 15.7 Å². The van der Waals surface area contributed by atoms with Crippen molar-refractivity contribution in [3.05, 3.63) is 124 Å². The van der Waals surface area contributed by atoms with Gasteiger partial charge in [0.15, 0.2) is 18.0 Å². The molecule has 174 valence electrons. The van der Waals surface area contributed by atoms with Crippen LogP contribution in [0.25, 0.3) is 0 Å². The third-order valence-electron chi connectivity index (χ3n) is 6.34. The number of Topliss-reactive ketones (excluding diaryl/α,β-unsaturated/α-hetero) is 2. The Labute approximate surface area is 212 Å². The van der Waals surface area contributed by atoms with Crippen molar-refractivity contribution in [1.82, 2.24) is 4.57 Å². The molecule has 35 heavy (non-hydrogen) atoms. The van der Waals surface area contributed by atoms with Crippen LogP contribution in [0.3, 0.4) is 0 Å². The van der Waals surface area contributed by atoms with Crippen molar-refractivity contribution >= 4 is 33.7 Å². The summed E-state index contributed by atoms with van der Waals surface area (Å²) in [7, 11) is 1.60. The minimum atomic E-state index is -0.530. The van der Waals surface area contributed by atoms with E-state index in [2.05, 4.69) is 15.9 Å². The number of hydrogen-bond donors (Lipinski definition) is 0. The van der Waals surface area contributed by atoms with Crippen molar-refractivity contribution in [3.8, 4) is 5.75 Å². The summed E-state index contributed by atoms with van der Waals surface area (Å²) in [4.78, 5) is 27.3. The van der Waals surface area contributed by atoms with E-state index in [-0.39, 0.29) is 24.2 Å². The summed E-state index contributed by atoms with van der Waals surface area (Å²) in [5, 5.41) is 0. The number of ether oxygens (including phenoxy) is 1. The summed E-state index contributed by atoms with van der Waals surface area (Å²) in [6.07, 6.45) is 3.91. The standard InChI is InChI=1S/C29H24BrN2O3/c1-35-25-15-11-20(12-16-25)26(33)19-31-18-24-8-5-17-32(24)28(27(31)21-6-3-2-4-7-21)29(34)22-9-13-23(30)14-10-22/h2-18,27-28H,19H2,1H3/q+1/t27-,28+/m1/s1. The number of carbonyl (C=O) groups excluding carboxylic acids is 2. The van der Waals surface area contributed by atoms with Crippen LogP contribution in [-0.2, 0) is 0 Å². The molecular weight excluding hydrogens is 504 g/mol. The van der Waals surface area contributed by atoms with Crippen molar-refractivity contribution < 1.29 is 18.9 Å². The summed E-state index contributed by atoms with van der Waals surface area (Å²) < 4.78 is 10.1. The third kappa shape index (κ3) is 4.62. The van der Waals surface area contributed by atoms with Gasteiger partial charge in [0.2, 0.25) is 18.4 Å². The quantitative estimate of drug-likeness (QED) is 0.227. The molecule has 0 amide bonds. The van der Waals surface area contributed by atoms with E-state index in [1.165, 1.54) is 0 Å². The maximum absolute atomic E-state index is 14.0. The summed E-state index contributed by atoms with van der Waals surface area (Å²) in [6, 6.07) is 27.5. The van der Waals surface area contributed by atoms with E-state index < -0.39 is 6.04 Å². The number of carbonyl (C=O) groups is 2. The fourth-order valence-electron chi connectivity index (χ4n) is 4.61. The highest BCUT2D eigenvalue weighted by Gasteiger charge is 2.43. The molecular formula is C29H24BrN2O3+. The highest BCUT2D eigenvalue weighted by molar-refractivity contribution is 9.10. The van der Waals surface area contributed by atoms with Crippen molar-refractivity contribution in [1.29, 1.82) is 0 Å². The molecule has 0 spiro atoms. The van der Waals surface area contributed by atoms with Crippen LogP contribution in [0.4, 0.5) is 0 Å². The zero-order chi connectivity index (χ0) is 24.4. The molecule has 0 N–H and O–H groups in total. The highest BCUT2D eigenvalue weighted by Crippen LogP contribution is 2.36. The summed E-state index contributed by atoms with van der Waals surface area (Å²) >= 11 is 3.45. The molecule has 6 heteroatoms. The second-order valence-corrected chi connectivity index (χ2v) is 9.38. The van der Waals surface area contributed by atoms with E-state index in [1.807, 2.05) is 88.3 Å². The predicted molar refractivity (Wildman–Crippen MR) is 139 cm³/mol. The van der Waals surface area contributed by atoms with Gasteiger partial charge in [0.25, 0.3) is 0 Å². The van der Waals surface area contributed by atoms with Gasteiger partial charge in [-0.2, -0.15) is 0 Å². The lowest BCUT2D eigenvalue weighted by Crippen LogP contribution is -2.40. The average Bonchev–Trinajstić information content (AvgIpc) is 3.36. The fourth-order valence-corrected chi connectivity index (χ4v) is 4.87. The van der Waals surface area contributed by atoms with Gasteiger partial charge < -0.3 is 9.30 Å². The fraction of sp³-hybridized carbons (Fsp3) is 0.138. The van der Waals surface area contributed by atoms with Crippen LogP contribution in [0.15, 0.2) is 102 Å². The molecule has 1 aliphatic heterocycles. The Morgan fingerprint density at radius 1 is 0.886 bits per heavy atom. The molecule has 0 fully saturated rings. The molecule has 3 aromatic carbocycles. The Morgan fingerprint density at radius 2 is 1.57 bits per heavy atom. The zero-order valence-electron chi connectivity index (χ0n) is 19.2. The van der Waals surface area contributed by atoms with E-state index in [9.17, 15) is 9.59 Å². The molecule has 0 saturated heterocycles. The maximum atomic E-state index is 14.0. The van der Waals surface area contributed by atoms with Crippen molar-refractivity contribution in [2.24, 2.45) is 0 Å². The van der Waals surface area contributed by atoms with Crippen LogP contribution >= 0.6 is 15.9 Å². The van der Waals surface area contributed by atoms with Crippen LogP contribution in [0, 0.1) is 0 Å². The highest BCUT2D eigenvalue weighted by atomic mass is 79.9. The van der Waals surface area contributed by atoms with Gasteiger partial charge in [-0.15, -0.1) is 0 Å². The van der Waals surface area contributed by atoms with Crippen LogP contribution in [0.2, 0.25) is 0 Å². The molecule has 4 aromatic rings. The SMILES string of the molecule is COc1ccc(C(=O)C[N+]2=Cc3cccn3[C@H](C(=O)c3ccc(Br)cc3)[C@H]2c2ccccc2)cc1. The second-order valence-electron chi connectivity index (χ2n) is 8.46. The molecule has 2 heterocycles. The lowest BCUT2D eigenvalue weighted by Gasteiger charge is -2.30. The van der Waals surface area contributed by atoms with E-state index in [4.69, 9.17) is 4.74 Å². The topological polar surface area (TPSA) is 51.3 Å². The number of benzene rings is 3. The van der Waals surface area contributed by atoms with Gasteiger partial charge in [0.1, 0.15) is 11.4 Å². The Kier molecular flexibility index (Phi) is 6.47. The number of halogens is 1. The number of ketones is 2. The monoisotopic (exact) mass is 527 g/mol. The van der Waals surface area contributed by atoms with Gasteiger partial charge in [-0.1, -0.05) is 58.4 Å². The second kappa shape index (κ2) is 9.84. The van der Waals surface area contributed by atoms with Gasteiger partial charge >= 0.3 is 0 Å². The molecule has 1 aliphatic rings. The third-order valence-corrected chi connectivity index (χ3v) is 6.87. The van der Waals surface area contributed by atoms with E-state index in [1.54, 1.807) is 31.4 Å². The first-order valence-corrected chi connectivity index (χ1v) is 12.1. The predicted octanol–water partition coefficient (Wildman–Crippen LogP) is 5.75. The van der Waals surface area contributed by atoms with Gasteiger partial charge in [-0.05, 0) is 48.5 Å². The van der Waals surface area contributed by atoms with Gasteiger partial charge in [-0.3, -0.25) is 9.59 Å². The first kappa shape index (κ1) is 23.0. The number of hydrogen-bond acceptors (Lipinski definition) is 3. The molecule has 0 unspecified atom stereocenters. The largest absolute Gasteiger partial charge is 0.497 e. The lowest BCUT2D eigenvalue weighted by atomic mass is 9.90. The number of methoxy groups -OCH3 is 1. The van der Waals surface area contributed by atoms with Crippen LogP contribution in [0.1, 0.15) is 44.1 Å². The minimum Gasteiger partial charge on any atom is -0.497 e. The number of fused-ring (bicyclic) bond motifs is 1. The summed E-state index contributed by atoms with van der Waals surface area (Å²) in [5.74, 6) is 0.671. The maximum Gasteiger partial charge on any atom is 0.227 e. The molecule has 0 aliphatic carbocycles. The molecule has 5 rings (SSSR count). The van der Waals surface area contributed by atoms with Crippen LogP contribution < -0.4 is 4.74 Å². The van der Waals surface area contributed by atoms with Crippen LogP contribution in [-0.4, -0.2) is 40.6 Å². The molecule has 2 atom stereocenters. The van der Waals surface area contributed by atoms with Crippen LogP contribution in [0.5, 0.6) is 5.75 Å². The van der Waals surface area contributed by atoms with Crippen molar-refractivity contribution in [3.63, 3.8) is 0 Å². The van der Waals surface area contributed by atoms with Gasteiger partial charge in [0, 0.05) is 27.4 Å². The number of rotatable bonds is 7. The summed E-state index contributed by atoms with van der Waals surface area (Å²) in [5.41, 5.74) is 3.08. The lowest BCUT2D eigenvalue weighted by molar-refractivity contribution is -0.563.